The normalized spacial score (nSPS) is 17.1. The lowest BCUT2D eigenvalue weighted by atomic mass is 9.92. The molecular formula is C17H37NO3S. The Morgan fingerprint density at radius 1 is 0.955 bits per heavy atom. The van der Waals surface area contributed by atoms with E-state index in [0.717, 1.165) is 5.92 Å². The number of hydrogen-bond acceptors (Lipinski definition) is 3. The maximum absolute atomic E-state index is 9.19. The van der Waals surface area contributed by atoms with E-state index in [-0.39, 0.29) is 0 Å². The third-order valence-corrected chi connectivity index (χ3v) is 4.23. The van der Waals surface area contributed by atoms with Gasteiger partial charge in [-0.2, -0.15) is 8.42 Å². The highest BCUT2D eigenvalue weighted by atomic mass is 32.2. The molecule has 0 aromatic heterocycles. The van der Waals surface area contributed by atoms with E-state index < -0.39 is 10.1 Å². The largest absolute Gasteiger partial charge is 0.303 e. The molecule has 1 rings (SSSR count). The van der Waals surface area contributed by atoms with Crippen molar-refractivity contribution in [1.82, 2.24) is 4.90 Å². The topological polar surface area (TPSA) is 57.6 Å². The Morgan fingerprint density at radius 2 is 1.45 bits per heavy atom. The minimum atomic E-state index is -3.67. The number of unbranched alkanes of at least 4 members (excludes halogenated alkanes) is 5. The smallest absolute Gasteiger partial charge is 0.261 e. The molecule has 0 unspecified atom stereocenters. The number of nitrogens with zero attached hydrogens (tertiary/aromatic N) is 1. The lowest BCUT2D eigenvalue weighted by Crippen LogP contribution is -2.34. The Bertz CT molecular complexity index is 328. The van der Waals surface area contributed by atoms with Crippen molar-refractivity contribution in [1.29, 1.82) is 0 Å². The summed E-state index contributed by atoms with van der Waals surface area (Å²) in [5.74, 6) is 1.04. The molecular weight excluding hydrogens is 298 g/mol. The van der Waals surface area contributed by atoms with Gasteiger partial charge in [-0.1, -0.05) is 58.8 Å². The van der Waals surface area contributed by atoms with E-state index in [1.54, 1.807) is 0 Å². The molecule has 0 bridgehead atoms. The van der Waals surface area contributed by atoms with Crippen molar-refractivity contribution in [2.45, 2.75) is 78.1 Å². The van der Waals surface area contributed by atoms with Gasteiger partial charge in [0.2, 0.25) is 0 Å². The quantitative estimate of drug-likeness (QED) is 0.502. The molecule has 1 N–H and O–H groups in total. The molecule has 1 aliphatic rings. The van der Waals surface area contributed by atoms with Gasteiger partial charge in [0.25, 0.3) is 10.1 Å². The molecule has 0 spiro atoms. The van der Waals surface area contributed by atoms with Crippen LogP contribution >= 0.6 is 0 Å². The van der Waals surface area contributed by atoms with Crippen molar-refractivity contribution in [2.24, 2.45) is 5.92 Å². The number of rotatable bonds is 9. The Labute approximate surface area is 138 Å². The zero-order valence-electron chi connectivity index (χ0n) is 14.9. The molecule has 22 heavy (non-hydrogen) atoms. The highest BCUT2D eigenvalue weighted by molar-refractivity contribution is 7.85. The predicted octanol–water partition coefficient (Wildman–Crippen LogP) is 4.36. The average Bonchev–Trinajstić information content (AvgIpc) is 2.43. The molecule has 0 aromatic carbocycles. The fraction of sp³-hybridized carbons (Fsp3) is 1.00. The molecule has 1 saturated heterocycles. The Hall–Kier alpha value is -0.130. The van der Waals surface area contributed by atoms with Gasteiger partial charge in [-0.3, -0.25) is 4.55 Å². The number of piperidine rings is 1. The van der Waals surface area contributed by atoms with Crippen LogP contribution in [0.1, 0.15) is 78.1 Å². The standard InChI is InChI=1S/C16H33N.CH4O3S/c1-3-5-6-7-8-9-13-17-14-11-16(10-4-2)12-15-17;1-5(2,3)4/h16H,3-15H2,1-2H3;1H3,(H,2,3,4). The van der Waals surface area contributed by atoms with Crippen LogP contribution in [-0.2, 0) is 10.1 Å². The fourth-order valence-corrected chi connectivity index (χ4v) is 3.02. The summed E-state index contributed by atoms with van der Waals surface area (Å²) in [4.78, 5) is 2.70. The van der Waals surface area contributed by atoms with E-state index in [0.29, 0.717) is 6.26 Å². The van der Waals surface area contributed by atoms with Crippen LogP contribution in [0.15, 0.2) is 0 Å². The molecule has 0 amide bonds. The molecule has 5 heteroatoms. The first kappa shape index (κ1) is 21.9. The first-order valence-corrected chi connectivity index (χ1v) is 10.9. The van der Waals surface area contributed by atoms with Crippen molar-refractivity contribution in [2.75, 3.05) is 25.9 Å². The van der Waals surface area contributed by atoms with Gasteiger partial charge in [0.05, 0.1) is 6.26 Å². The molecule has 0 saturated carbocycles. The Balaban J connectivity index is 0.000000763. The molecule has 1 heterocycles. The van der Waals surface area contributed by atoms with Crippen LogP contribution in [0, 0.1) is 5.92 Å². The molecule has 134 valence electrons. The molecule has 0 atom stereocenters. The van der Waals surface area contributed by atoms with Crippen LogP contribution in [0.25, 0.3) is 0 Å². The summed E-state index contributed by atoms with van der Waals surface area (Å²) < 4.78 is 25.9. The molecule has 0 aromatic rings. The van der Waals surface area contributed by atoms with Gasteiger partial charge in [0.15, 0.2) is 0 Å². The SMILES string of the molecule is CCCCCCCCN1CCC(CCC)CC1.CS(=O)(=O)O. The second-order valence-corrected chi connectivity index (χ2v) is 8.04. The highest BCUT2D eigenvalue weighted by Crippen LogP contribution is 2.21. The maximum Gasteiger partial charge on any atom is 0.261 e. The van der Waals surface area contributed by atoms with Crippen molar-refractivity contribution >= 4 is 10.1 Å². The highest BCUT2D eigenvalue weighted by Gasteiger charge is 2.17. The first-order valence-electron chi connectivity index (χ1n) is 9.01. The van der Waals surface area contributed by atoms with Gasteiger partial charge in [-0.15, -0.1) is 0 Å². The summed E-state index contributed by atoms with van der Waals surface area (Å²) in [7, 11) is -3.67. The lowest BCUT2D eigenvalue weighted by Gasteiger charge is -2.31. The van der Waals surface area contributed by atoms with E-state index >= 15 is 0 Å². The monoisotopic (exact) mass is 335 g/mol. The zero-order valence-corrected chi connectivity index (χ0v) is 15.7. The van der Waals surface area contributed by atoms with Crippen molar-refractivity contribution < 1.29 is 13.0 Å². The predicted molar refractivity (Wildman–Crippen MR) is 94.9 cm³/mol. The third-order valence-electron chi connectivity index (χ3n) is 4.23. The van der Waals surface area contributed by atoms with Gasteiger partial charge in [-0.05, 0) is 44.8 Å². The van der Waals surface area contributed by atoms with Crippen LogP contribution in [0.2, 0.25) is 0 Å². The van der Waals surface area contributed by atoms with E-state index in [4.69, 9.17) is 4.55 Å². The lowest BCUT2D eigenvalue weighted by molar-refractivity contribution is 0.175. The minimum absolute atomic E-state index is 0.715. The number of hydrogen-bond donors (Lipinski definition) is 1. The van der Waals surface area contributed by atoms with Crippen molar-refractivity contribution in [3.05, 3.63) is 0 Å². The molecule has 4 nitrogen and oxygen atoms in total. The summed E-state index contributed by atoms with van der Waals surface area (Å²) >= 11 is 0. The van der Waals surface area contributed by atoms with Gasteiger partial charge in [-0.25, -0.2) is 0 Å². The molecule has 1 fully saturated rings. The van der Waals surface area contributed by atoms with Gasteiger partial charge < -0.3 is 4.90 Å². The van der Waals surface area contributed by atoms with Crippen molar-refractivity contribution in [3.63, 3.8) is 0 Å². The second kappa shape index (κ2) is 13.3. The van der Waals surface area contributed by atoms with E-state index in [1.807, 2.05) is 0 Å². The first-order chi connectivity index (χ1) is 10.4. The zero-order chi connectivity index (χ0) is 16.8. The average molecular weight is 336 g/mol. The number of likely N-dealkylation sites (tertiary alicyclic amines) is 1. The van der Waals surface area contributed by atoms with E-state index in [9.17, 15) is 8.42 Å². The van der Waals surface area contributed by atoms with Crippen LogP contribution in [0.3, 0.4) is 0 Å². The van der Waals surface area contributed by atoms with Gasteiger partial charge in [0.1, 0.15) is 0 Å². The minimum Gasteiger partial charge on any atom is -0.303 e. The summed E-state index contributed by atoms with van der Waals surface area (Å²) in [5, 5.41) is 0. The van der Waals surface area contributed by atoms with E-state index in [1.165, 1.54) is 83.8 Å². The molecule has 1 aliphatic heterocycles. The van der Waals surface area contributed by atoms with Gasteiger partial charge in [0, 0.05) is 0 Å². The Kier molecular flexibility index (Phi) is 13.2. The summed E-state index contributed by atoms with van der Waals surface area (Å²) in [5.41, 5.74) is 0. The second-order valence-electron chi connectivity index (χ2n) is 6.57. The van der Waals surface area contributed by atoms with E-state index in [2.05, 4.69) is 18.7 Å². The Morgan fingerprint density at radius 3 is 1.95 bits per heavy atom. The van der Waals surface area contributed by atoms with Crippen LogP contribution in [0.4, 0.5) is 0 Å². The van der Waals surface area contributed by atoms with Crippen molar-refractivity contribution in [3.8, 4) is 0 Å². The molecule has 0 radical (unpaired) electrons. The third kappa shape index (κ3) is 16.2. The molecule has 0 aliphatic carbocycles. The van der Waals surface area contributed by atoms with Crippen LogP contribution in [0.5, 0.6) is 0 Å². The summed E-state index contributed by atoms with van der Waals surface area (Å²) in [6, 6.07) is 0. The van der Waals surface area contributed by atoms with Crippen LogP contribution in [-0.4, -0.2) is 43.8 Å². The van der Waals surface area contributed by atoms with Crippen LogP contribution < -0.4 is 0 Å². The fourth-order valence-electron chi connectivity index (χ4n) is 3.02. The maximum atomic E-state index is 9.19. The summed E-state index contributed by atoms with van der Waals surface area (Å²) in [6.45, 7) is 8.73. The van der Waals surface area contributed by atoms with Gasteiger partial charge >= 0.3 is 0 Å². The summed E-state index contributed by atoms with van der Waals surface area (Å²) in [6.07, 6.45) is 15.1.